The van der Waals surface area contributed by atoms with Crippen LogP contribution < -0.4 is 10.1 Å². The van der Waals surface area contributed by atoms with Crippen molar-refractivity contribution in [3.8, 4) is 5.75 Å². The van der Waals surface area contributed by atoms with Crippen LogP contribution >= 0.6 is 0 Å². The first-order valence-electron chi connectivity index (χ1n) is 14.9. The number of alkyl halides is 2. The Morgan fingerprint density at radius 1 is 1.07 bits per heavy atom. The van der Waals surface area contributed by atoms with Gasteiger partial charge in [0, 0.05) is 25.4 Å². The number of nitrogens with one attached hydrogen (secondary N) is 1. The summed E-state index contributed by atoms with van der Waals surface area (Å²) >= 11 is 0. The highest BCUT2D eigenvalue weighted by atomic mass is 32.2. The maximum atomic E-state index is 13.9. The average Bonchev–Trinajstić information content (AvgIpc) is 3.36. The van der Waals surface area contributed by atoms with Crippen LogP contribution in [0.3, 0.4) is 0 Å². The van der Waals surface area contributed by atoms with Gasteiger partial charge in [0.1, 0.15) is 28.4 Å². The largest absolute Gasteiger partial charge is 0.489 e. The smallest absolute Gasteiger partial charge is 0.324 e. The second-order valence-corrected chi connectivity index (χ2v) is 14.7. The number of carbonyl (C=O) groups excluding carboxylic acids is 1. The van der Waals surface area contributed by atoms with Gasteiger partial charge >= 0.3 is 5.97 Å². The van der Waals surface area contributed by atoms with Crippen molar-refractivity contribution in [2.24, 2.45) is 5.92 Å². The maximum absolute atomic E-state index is 13.9. The van der Waals surface area contributed by atoms with E-state index in [4.69, 9.17) is 9.47 Å². The zero-order valence-corrected chi connectivity index (χ0v) is 25.2. The first kappa shape index (κ1) is 31.2. The highest BCUT2D eigenvalue weighted by molar-refractivity contribution is 7.89. The summed E-state index contributed by atoms with van der Waals surface area (Å²) in [5, 5.41) is 3.47. The number of carbonyl (C=O) groups is 1. The van der Waals surface area contributed by atoms with E-state index in [0.717, 1.165) is 44.2 Å². The Bertz CT molecular complexity index is 1130. The molecular weight excluding hydrogens is 538 g/mol. The number of esters is 1. The summed E-state index contributed by atoms with van der Waals surface area (Å²) in [5.41, 5.74) is 0.183. The van der Waals surface area contributed by atoms with Gasteiger partial charge in [0.05, 0.1) is 0 Å². The predicted octanol–water partition coefficient (Wildman–Crippen LogP) is 5.99. The minimum absolute atomic E-state index is 0.0593. The van der Waals surface area contributed by atoms with Crippen molar-refractivity contribution in [2.45, 2.75) is 133 Å². The number of benzene rings is 1. The molecule has 1 aromatic rings. The van der Waals surface area contributed by atoms with Crippen molar-refractivity contribution < 1.29 is 31.5 Å². The molecule has 0 amide bonds. The molecule has 10 heteroatoms. The zero-order chi connectivity index (χ0) is 29.1. The van der Waals surface area contributed by atoms with Crippen LogP contribution in [-0.2, 0) is 19.6 Å². The van der Waals surface area contributed by atoms with Crippen molar-refractivity contribution in [3.05, 3.63) is 23.8 Å². The highest BCUT2D eigenvalue weighted by Crippen LogP contribution is 2.37. The van der Waals surface area contributed by atoms with Gasteiger partial charge in [-0.1, -0.05) is 12.5 Å². The number of halogens is 2. The van der Waals surface area contributed by atoms with Crippen molar-refractivity contribution in [1.82, 2.24) is 9.62 Å². The van der Waals surface area contributed by atoms with Crippen LogP contribution in [0.5, 0.6) is 5.75 Å². The normalized spacial score (nSPS) is 26.5. The van der Waals surface area contributed by atoms with Gasteiger partial charge in [-0.15, -0.1) is 0 Å². The summed E-state index contributed by atoms with van der Waals surface area (Å²) in [5.74, 6) is -2.49. The lowest BCUT2D eigenvalue weighted by Gasteiger charge is -2.34. The van der Waals surface area contributed by atoms with E-state index in [1.165, 1.54) is 4.31 Å². The zero-order valence-electron chi connectivity index (χ0n) is 24.4. The number of nitrogens with zero attached hydrogens (tertiary/aromatic N) is 1. The van der Waals surface area contributed by atoms with Crippen molar-refractivity contribution in [2.75, 3.05) is 13.1 Å². The average molecular weight is 585 g/mol. The molecule has 3 atom stereocenters. The minimum atomic E-state index is -4.01. The number of hydrogen-bond acceptors (Lipinski definition) is 6. The van der Waals surface area contributed by atoms with Crippen molar-refractivity contribution in [3.63, 3.8) is 0 Å². The predicted molar refractivity (Wildman–Crippen MR) is 150 cm³/mol. The minimum Gasteiger partial charge on any atom is -0.489 e. The maximum Gasteiger partial charge on any atom is 0.324 e. The third kappa shape index (κ3) is 7.94. The van der Waals surface area contributed by atoms with E-state index in [9.17, 15) is 22.0 Å². The van der Waals surface area contributed by atoms with Crippen LogP contribution in [-0.4, -0.2) is 61.5 Å². The van der Waals surface area contributed by atoms with E-state index in [0.29, 0.717) is 31.4 Å². The first-order chi connectivity index (χ1) is 18.7. The molecule has 2 saturated carbocycles. The molecule has 0 bridgehead atoms. The Kier molecular flexibility index (Phi) is 9.83. The monoisotopic (exact) mass is 584 g/mol. The molecule has 226 valence electrons. The molecule has 0 aromatic heterocycles. The van der Waals surface area contributed by atoms with Crippen molar-refractivity contribution >= 4 is 16.0 Å². The van der Waals surface area contributed by atoms with Gasteiger partial charge < -0.3 is 14.8 Å². The number of sulfonamides is 1. The number of ether oxygens (including phenoxy) is 2. The summed E-state index contributed by atoms with van der Waals surface area (Å²) < 4.78 is 68.2. The second kappa shape index (κ2) is 12.6. The summed E-state index contributed by atoms with van der Waals surface area (Å²) in [7, 11) is -4.01. The molecule has 3 aliphatic rings. The van der Waals surface area contributed by atoms with Crippen LogP contribution in [0, 0.1) is 12.8 Å². The molecule has 40 heavy (non-hydrogen) atoms. The van der Waals surface area contributed by atoms with Gasteiger partial charge in [0.15, 0.2) is 0 Å². The Labute approximate surface area is 238 Å². The van der Waals surface area contributed by atoms with E-state index in [2.05, 4.69) is 5.32 Å². The molecule has 1 aromatic carbocycles. The standard InChI is InChI=1S/C30H46F2N2O5S/c1-21-11-12-27(40(36,37)34-19-7-9-24(34)28(35)39-29(2,3)4)26(20-21)38-25-10-6-5-8-22(25)15-18-33-23-13-16-30(31,32)17-14-23/h11-12,20,22-25,33H,5-10,13-19H2,1-4H3/t22-,24-,25+/m0/s1. The molecule has 0 radical (unpaired) electrons. The molecule has 1 heterocycles. The quantitative estimate of drug-likeness (QED) is 0.359. The Morgan fingerprint density at radius 2 is 1.77 bits per heavy atom. The van der Waals surface area contributed by atoms with Gasteiger partial charge in [0.25, 0.3) is 0 Å². The van der Waals surface area contributed by atoms with Crippen LogP contribution in [0.4, 0.5) is 8.78 Å². The lowest BCUT2D eigenvalue weighted by molar-refractivity contribution is -0.158. The SMILES string of the molecule is Cc1ccc(S(=O)(=O)N2CCC[C@H]2C(=O)OC(C)(C)C)c(O[C@@H]2CCCC[C@H]2CCNC2CCC(F)(F)CC2)c1. The number of aryl methyl sites for hydroxylation is 1. The van der Waals surface area contributed by atoms with Crippen molar-refractivity contribution in [1.29, 1.82) is 0 Å². The highest BCUT2D eigenvalue weighted by Gasteiger charge is 2.43. The van der Waals surface area contributed by atoms with E-state index < -0.39 is 33.6 Å². The fraction of sp³-hybridized carbons (Fsp3) is 0.767. The second-order valence-electron chi connectivity index (χ2n) is 12.8. The van der Waals surface area contributed by atoms with E-state index in [1.54, 1.807) is 39.0 Å². The number of hydrogen-bond donors (Lipinski definition) is 1. The van der Waals surface area contributed by atoms with Gasteiger partial charge in [-0.05, 0) is 109 Å². The Morgan fingerprint density at radius 3 is 2.48 bits per heavy atom. The summed E-state index contributed by atoms with van der Waals surface area (Å²) in [4.78, 5) is 13.0. The van der Waals surface area contributed by atoms with Crippen LogP contribution in [0.1, 0.15) is 97.0 Å². The van der Waals surface area contributed by atoms with E-state index in [-0.39, 0.29) is 42.3 Å². The van der Waals surface area contributed by atoms with E-state index in [1.807, 2.05) is 6.92 Å². The molecule has 2 aliphatic carbocycles. The number of rotatable bonds is 9. The molecule has 1 aliphatic heterocycles. The third-order valence-electron chi connectivity index (χ3n) is 8.35. The van der Waals surface area contributed by atoms with Crippen LogP contribution in [0.2, 0.25) is 0 Å². The summed E-state index contributed by atoms with van der Waals surface area (Å²) in [6, 6.07) is 4.38. The van der Waals surface area contributed by atoms with Crippen LogP contribution in [0.25, 0.3) is 0 Å². The molecule has 7 nitrogen and oxygen atoms in total. The Hall–Kier alpha value is -1.78. The van der Waals surface area contributed by atoms with Gasteiger partial charge in [-0.3, -0.25) is 4.79 Å². The fourth-order valence-corrected chi connectivity index (χ4v) is 7.97. The van der Waals surface area contributed by atoms with Gasteiger partial charge in [-0.2, -0.15) is 4.31 Å². The molecule has 1 N–H and O–H groups in total. The molecular formula is C30H46F2N2O5S. The first-order valence-corrected chi connectivity index (χ1v) is 16.3. The molecule has 4 rings (SSSR count). The topological polar surface area (TPSA) is 84.9 Å². The van der Waals surface area contributed by atoms with E-state index >= 15 is 0 Å². The van der Waals surface area contributed by atoms with Gasteiger partial charge in [0.2, 0.25) is 15.9 Å². The molecule has 0 spiro atoms. The van der Waals surface area contributed by atoms with Gasteiger partial charge in [-0.25, -0.2) is 17.2 Å². The third-order valence-corrected chi connectivity index (χ3v) is 10.3. The summed E-state index contributed by atoms with van der Waals surface area (Å²) in [6.07, 6.45) is 6.48. The molecule has 1 saturated heterocycles. The summed E-state index contributed by atoms with van der Waals surface area (Å²) in [6.45, 7) is 8.20. The lowest BCUT2D eigenvalue weighted by Crippen LogP contribution is -2.43. The molecule has 0 unspecified atom stereocenters. The fourth-order valence-electron chi connectivity index (χ4n) is 6.22. The lowest BCUT2D eigenvalue weighted by atomic mass is 9.84. The Balaban J connectivity index is 1.46. The van der Waals surface area contributed by atoms with Crippen LogP contribution in [0.15, 0.2) is 23.1 Å². The molecule has 3 fully saturated rings.